The summed E-state index contributed by atoms with van der Waals surface area (Å²) in [6.07, 6.45) is -6.67. The second kappa shape index (κ2) is 9.45. The first-order valence-corrected chi connectivity index (χ1v) is 9.21. The van der Waals surface area contributed by atoms with Gasteiger partial charge in [0, 0.05) is 0 Å². The maximum Gasteiger partial charge on any atom is 0.307 e. The van der Waals surface area contributed by atoms with Crippen molar-refractivity contribution < 1.29 is 39.8 Å². The molecule has 0 bridgehead atoms. The zero-order valence-electron chi connectivity index (χ0n) is 15.6. The minimum Gasteiger partial charge on any atom is -0.481 e. The van der Waals surface area contributed by atoms with Crippen molar-refractivity contribution in [2.45, 2.75) is 43.7 Å². The number of carboxylic acids is 1. The monoisotopic (exact) mass is 404 g/mol. The number of rotatable bonds is 7. The van der Waals surface area contributed by atoms with Crippen LogP contribution in [0.5, 0.6) is 0 Å². The molecule has 1 aliphatic heterocycles. The van der Waals surface area contributed by atoms with Crippen LogP contribution in [-0.2, 0) is 27.3 Å². The molecule has 0 spiro atoms. The van der Waals surface area contributed by atoms with Crippen molar-refractivity contribution in [3.8, 4) is 11.1 Å². The predicted molar refractivity (Wildman–Crippen MR) is 102 cm³/mol. The Morgan fingerprint density at radius 3 is 2.17 bits per heavy atom. The first-order valence-electron chi connectivity index (χ1n) is 9.21. The summed E-state index contributed by atoms with van der Waals surface area (Å²) in [4.78, 5) is 10.9. The van der Waals surface area contributed by atoms with Gasteiger partial charge in [-0.15, -0.1) is 0 Å². The van der Waals surface area contributed by atoms with Gasteiger partial charge in [-0.05, 0) is 28.3 Å². The molecule has 156 valence electrons. The van der Waals surface area contributed by atoms with E-state index in [1.807, 2.05) is 36.4 Å². The Bertz CT molecular complexity index is 837. The highest BCUT2D eigenvalue weighted by atomic mass is 16.7. The molecule has 0 saturated carbocycles. The fourth-order valence-electron chi connectivity index (χ4n) is 3.26. The summed E-state index contributed by atoms with van der Waals surface area (Å²) in [6, 6.07) is 14.6. The standard InChI is InChI=1S/C21H24O8/c22-10-16-18(25)19(26)20(27)21(29-16)28-11-13-4-2-6-15(8-13)14-5-1-3-12(7-14)9-17(23)24/h1-8,16,18-22,25-27H,9-11H2,(H,23,24). The third-order valence-corrected chi connectivity index (χ3v) is 4.81. The van der Waals surface area contributed by atoms with Crippen LogP contribution in [0.1, 0.15) is 11.1 Å². The fourth-order valence-corrected chi connectivity index (χ4v) is 3.26. The van der Waals surface area contributed by atoms with Crippen LogP contribution in [0, 0.1) is 0 Å². The van der Waals surface area contributed by atoms with Crippen molar-refractivity contribution in [1.82, 2.24) is 0 Å². The molecule has 5 unspecified atom stereocenters. The quantitative estimate of drug-likeness (QED) is 0.444. The van der Waals surface area contributed by atoms with E-state index in [2.05, 4.69) is 0 Å². The zero-order valence-corrected chi connectivity index (χ0v) is 15.6. The van der Waals surface area contributed by atoms with Crippen molar-refractivity contribution in [1.29, 1.82) is 0 Å². The van der Waals surface area contributed by atoms with E-state index in [4.69, 9.17) is 14.6 Å². The van der Waals surface area contributed by atoms with E-state index in [0.29, 0.717) is 5.56 Å². The summed E-state index contributed by atoms with van der Waals surface area (Å²) in [7, 11) is 0. The number of carboxylic acid groups (broad SMARTS) is 1. The average molecular weight is 404 g/mol. The number of aliphatic hydroxyl groups excluding tert-OH is 4. The minimum absolute atomic E-state index is 0.0609. The van der Waals surface area contributed by atoms with Gasteiger partial charge in [-0.3, -0.25) is 4.79 Å². The Labute approximate surface area is 167 Å². The van der Waals surface area contributed by atoms with Crippen LogP contribution < -0.4 is 0 Å². The summed E-state index contributed by atoms with van der Waals surface area (Å²) < 4.78 is 10.9. The lowest BCUT2D eigenvalue weighted by atomic mass is 9.99. The van der Waals surface area contributed by atoms with E-state index in [-0.39, 0.29) is 13.0 Å². The number of aliphatic hydroxyl groups is 4. The summed E-state index contributed by atoms with van der Waals surface area (Å²) >= 11 is 0. The first-order chi connectivity index (χ1) is 13.9. The van der Waals surface area contributed by atoms with Gasteiger partial charge in [-0.1, -0.05) is 42.5 Å². The molecule has 1 saturated heterocycles. The van der Waals surface area contributed by atoms with Crippen molar-refractivity contribution in [2.24, 2.45) is 0 Å². The van der Waals surface area contributed by atoms with Gasteiger partial charge in [-0.2, -0.15) is 0 Å². The predicted octanol–water partition coefficient (Wildman–Crippen LogP) is 0.297. The molecule has 0 aromatic heterocycles. The number of ether oxygens (including phenoxy) is 2. The molecule has 29 heavy (non-hydrogen) atoms. The maximum atomic E-state index is 10.9. The lowest BCUT2D eigenvalue weighted by Crippen LogP contribution is -2.59. The number of aliphatic carboxylic acids is 1. The molecule has 1 fully saturated rings. The normalized spacial score (nSPS) is 27.0. The third kappa shape index (κ3) is 5.18. The van der Waals surface area contributed by atoms with E-state index >= 15 is 0 Å². The van der Waals surface area contributed by atoms with Crippen molar-refractivity contribution >= 4 is 5.97 Å². The largest absolute Gasteiger partial charge is 0.481 e. The molecule has 8 heteroatoms. The molecule has 0 amide bonds. The minimum atomic E-state index is -1.49. The van der Waals surface area contributed by atoms with Crippen LogP contribution in [0.3, 0.4) is 0 Å². The molecule has 0 radical (unpaired) electrons. The van der Waals surface area contributed by atoms with E-state index in [1.165, 1.54) is 0 Å². The maximum absolute atomic E-state index is 10.9. The van der Waals surface area contributed by atoms with Crippen molar-refractivity contribution in [3.63, 3.8) is 0 Å². The lowest BCUT2D eigenvalue weighted by molar-refractivity contribution is -0.304. The Morgan fingerprint density at radius 2 is 1.55 bits per heavy atom. The van der Waals surface area contributed by atoms with Crippen LogP contribution in [0.25, 0.3) is 11.1 Å². The van der Waals surface area contributed by atoms with Crippen LogP contribution in [-0.4, -0.2) is 68.8 Å². The van der Waals surface area contributed by atoms with Gasteiger partial charge in [0.2, 0.25) is 0 Å². The molecular weight excluding hydrogens is 380 g/mol. The molecule has 8 nitrogen and oxygen atoms in total. The van der Waals surface area contributed by atoms with Gasteiger partial charge >= 0.3 is 5.97 Å². The molecule has 1 heterocycles. The molecule has 2 aromatic carbocycles. The van der Waals surface area contributed by atoms with Crippen LogP contribution in [0.4, 0.5) is 0 Å². The number of benzene rings is 2. The fraction of sp³-hybridized carbons (Fsp3) is 0.381. The number of hydrogen-bond donors (Lipinski definition) is 5. The second-order valence-corrected chi connectivity index (χ2v) is 6.98. The van der Waals surface area contributed by atoms with Gasteiger partial charge in [-0.25, -0.2) is 0 Å². The van der Waals surface area contributed by atoms with E-state index in [1.54, 1.807) is 12.1 Å². The summed E-state index contributed by atoms with van der Waals surface area (Å²) in [5, 5.41) is 47.9. The van der Waals surface area contributed by atoms with Crippen molar-refractivity contribution in [2.75, 3.05) is 6.61 Å². The van der Waals surface area contributed by atoms with E-state index in [0.717, 1.165) is 16.7 Å². The van der Waals surface area contributed by atoms with E-state index in [9.17, 15) is 25.2 Å². The molecule has 3 rings (SSSR count). The molecule has 2 aromatic rings. The summed E-state index contributed by atoms with van der Waals surface area (Å²) in [5.74, 6) is -0.899. The van der Waals surface area contributed by atoms with Gasteiger partial charge < -0.3 is 35.0 Å². The van der Waals surface area contributed by atoms with Crippen LogP contribution >= 0.6 is 0 Å². The Balaban J connectivity index is 1.70. The second-order valence-electron chi connectivity index (χ2n) is 6.98. The van der Waals surface area contributed by atoms with Crippen LogP contribution in [0.15, 0.2) is 48.5 Å². The SMILES string of the molecule is O=C(O)Cc1cccc(-c2cccc(COC3OC(CO)C(O)C(O)C3O)c2)c1. The number of hydrogen-bond acceptors (Lipinski definition) is 7. The molecule has 5 N–H and O–H groups in total. The Morgan fingerprint density at radius 1 is 0.931 bits per heavy atom. The Hall–Kier alpha value is -2.33. The van der Waals surface area contributed by atoms with Crippen LogP contribution in [0.2, 0.25) is 0 Å². The molecule has 0 aliphatic carbocycles. The zero-order chi connectivity index (χ0) is 21.0. The van der Waals surface area contributed by atoms with E-state index < -0.39 is 43.3 Å². The highest BCUT2D eigenvalue weighted by molar-refractivity contribution is 5.72. The highest BCUT2D eigenvalue weighted by Crippen LogP contribution is 2.25. The van der Waals surface area contributed by atoms with Gasteiger partial charge in [0.05, 0.1) is 19.6 Å². The molecular formula is C21H24O8. The molecule has 1 aliphatic rings. The van der Waals surface area contributed by atoms with Gasteiger partial charge in [0.25, 0.3) is 0 Å². The summed E-state index contributed by atoms with van der Waals surface area (Å²) in [6.45, 7) is -0.460. The number of carbonyl (C=O) groups is 1. The average Bonchev–Trinajstić information content (AvgIpc) is 2.71. The topological polar surface area (TPSA) is 137 Å². The Kier molecular flexibility index (Phi) is 6.96. The molecule has 5 atom stereocenters. The first kappa shape index (κ1) is 21.4. The van der Waals surface area contributed by atoms with Gasteiger partial charge in [0.15, 0.2) is 6.29 Å². The third-order valence-electron chi connectivity index (χ3n) is 4.81. The lowest BCUT2D eigenvalue weighted by Gasteiger charge is -2.39. The smallest absolute Gasteiger partial charge is 0.307 e. The summed E-state index contributed by atoms with van der Waals surface area (Å²) in [5.41, 5.74) is 3.19. The highest BCUT2D eigenvalue weighted by Gasteiger charge is 2.43. The van der Waals surface area contributed by atoms with Gasteiger partial charge in [0.1, 0.15) is 24.4 Å². The van der Waals surface area contributed by atoms with Crippen molar-refractivity contribution in [3.05, 3.63) is 59.7 Å².